The van der Waals surface area contributed by atoms with Crippen molar-refractivity contribution < 1.29 is 9.53 Å². The van der Waals surface area contributed by atoms with Gasteiger partial charge in [0.05, 0.1) is 18.0 Å². The number of ether oxygens (including phenoxy) is 1. The Bertz CT molecular complexity index is 642. The van der Waals surface area contributed by atoms with Crippen LogP contribution < -0.4 is 10.1 Å². The predicted octanol–water partition coefficient (Wildman–Crippen LogP) is 4.26. The molecule has 0 aliphatic rings. The number of methoxy groups -OCH3 is 1. The van der Waals surface area contributed by atoms with Gasteiger partial charge in [0.1, 0.15) is 5.75 Å². The number of amides is 1. The van der Waals surface area contributed by atoms with E-state index in [2.05, 4.69) is 24.4 Å². The highest BCUT2D eigenvalue weighted by molar-refractivity contribution is 7.99. The maximum absolute atomic E-state index is 12.3. The molecule has 0 spiro atoms. The van der Waals surface area contributed by atoms with Gasteiger partial charge in [-0.2, -0.15) is 0 Å². The van der Waals surface area contributed by atoms with Crippen LogP contribution in [-0.4, -0.2) is 18.3 Å². The molecule has 116 valence electrons. The standard InChI is InChI=1S/C18H21NO2S/c1-13-8-4-5-9-15(13)12-22-14(2)18(20)19-16-10-6-7-11-17(16)21-3/h4-11,14H,12H2,1-3H3,(H,19,20). The molecule has 22 heavy (non-hydrogen) atoms. The van der Waals surface area contributed by atoms with Crippen LogP contribution in [0.1, 0.15) is 18.1 Å². The van der Waals surface area contributed by atoms with E-state index in [0.29, 0.717) is 11.4 Å². The summed E-state index contributed by atoms with van der Waals surface area (Å²) in [7, 11) is 1.60. The molecular formula is C18H21NO2S. The van der Waals surface area contributed by atoms with Gasteiger partial charge in [-0.25, -0.2) is 0 Å². The second-order valence-corrected chi connectivity index (χ2v) is 6.40. The van der Waals surface area contributed by atoms with E-state index < -0.39 is 0 Å². The van der Waals surface area contributed by atoms with Gasteiger partial charge in [-0.15, -0.1) is 11.8 Å². The predicted molar refractivity (Wildman–Crippen MR) is 93.6 cm³/mol. The first-order valence-corrected chi connectivity index (χ1v) is 8.26. The van der Waals surface area contributed by atoms with Crippen molar-refractivity contribution >= 4 is 23.4 Å². The van der Waals surface area contributed by atoms with Crippen LogP contribution in [-0.2, 0) is 10.5 Å². The summed E-state index contributed by atoms with van der Waals surface area (Å²) in [5.41, 5.74) is 3.23. The molecule has 0 saturated carbocycles. The average molecular weight is 315 g/mol. The fraction of sp³-hybridized carbons (Fsp3) is 0.278. The van der Waals surface area contributed by atoms with Crippen molar-refractivity contribution in [2.24, 2.45) is 0 Å². The number of thioether (sulfide) groups is 1. The lowest BCUT2D eigenvalue weighted by Gasteiger charge is -2.14. The number of anilines is 1. The van der Waals surface area contributed by atoms with Crippen LogP contribution >= 0.6 is 11.8 Å². The largest absolute Gasteiger partial charge is 0.495 e. The third kappa shape index (κ3) is 4.28. The SMILES string of the molecule is COc1ccccc1NC(=O)C(C)SCc1ccccc1C. The molecule has 4 heteroatoms. The Kier molecular flexibility index (Phi) is 5.90. The molecule has 0 aliphatic heterocycles. The second-order valence-electron chi connectivity index (χ2n) is 5.07. The third-order valence-electron chi connectivity index (χ3n) is 3.48. The van der Waals surface area contributed by atoms with Crippen LogP contribution in [0.3, 0.4) is 0 Å². The van der Waals surface area contributed by atoms with Crippen molar-refractivity contribution in [1.82, 2.24) is 0 Å². The van der Waals surface area contributed by atoms with Gasteiger partial charge in [0.2, 0.25) is 5.91 Å². The van der Waals surface area contributed by atoms with E-state index in [1.165, 1.54) is 11.1 Å². The van der Waals surface area contributed by atoms with Crippen molar-refractivity contribution in [1.29, 1.82) is 0 Å². The number of nitrogens with one attached hydrogen (secondary N) is 1. The summed E-state index contributed by atoms with van der Waals surface area (Å²) in [6, 6.07) is 15.7. The molecule has 1 unspecified atom stereocenters. The van der Waals surface area contributed by atoms with E-state index in [9.17, 15) is 4.79 Å². The zero-order valence-electron chi connectivity index (χ0n) is 13.1. The minimum absolute atomic E-state index is 0.0110. The molecule has 1 N–H and O–H groups in total. The van der Waals surface area contributed by atoms with Crippen LogP contribution in [0.4, 0.5) is 5.69 Å². The number of hydrogen-bond donors (Lipinski definition) is 1. The average Bonchev–Trinajstić information content (AvgIpc) is 2.54. The van der Waals surface area contributed by atoms with Gasteiger partial charge < -0.3 is 10.1 Å². The van der Waals surface area contributed by atoms with Crippen LogP contribution in [0.25, 0.3) is 0 Å². The van der Waals surface area contributed by atoms with Gasteiger partial charge in [-0.05, 0) is 37.1 Å². The van der Waals surface area contributed by atoms with Crippen molar-refractivity contribution in [3.8, 4) is 5.75 Å². The highest BCUT2D eigenvalue weighted by atomic mass is 32.2. The molecule has 0 radical (unpaired) electrons. The molecular weight excluding hydrogens is 294 g/mol. The molecule has 0 aliphatic carbocycles. The number of hydrogen-bond acceptors (Lipinski definition) is 3. The van der Waals surface area contributed by atoms with Gasteiger partial charge in [0, 0.05) is 5.75 Å². The van der Waals surface area contributed by atoms with Crippen LogP contribution in [0, 0.1) is 6.92 Å². The van der Waals surface area contributed by atoms with Crippen LogP contribution in [0.15, 0.2) is 48.5 Å². The normalized spacial score (nSPS) is 11.8. The molecule has 1 amide bonds. The van der Waals surface area contributed by atoms with Crippen LogP contribution in [0.5, 0.6) is 5.75 Å². The van der Waals surface area contributed by atoms with E-state index in [0.717, 1.165) is 5.75 Å². The first-order chi connectivity index (χ1) is 10.6. The van der Waals surface area contributed by atoms with Crippen molar-refractivity contribution in [2.45, 2.75) is 24.9 Å². The van der Waals surface area contributed by atoms with Crippen molar-refractivity contribution in [3.63, 3.8) is 0 Å². The fourth-order valence-corrected chi connectivity index (χ4v) is 3.01. The number of carbonyl (C=O) groups is 1. The third-order valence-corrected chi connectivity index (χ3v) is 4.68. The van der Waals surface area contributed by atoms with E-state index in [-0.39, 0.29) is 11.2 Å². The zero-order chi connectivity index (χ0) is 15.9. The Morgan fingerprint density at radius 1 is 1.18 bits per heavy atom. The molecule has 0 fully saturated rings. The van der Waals surface area contributed by atoms with Gasteiger partial charge in [0.25, 0.3) is 0 Å². The zero-order valence-corrected chi connectivity index (χ0v) is 13.9. The van der Waals surface area contributed by atoms with E-state index in [1.54, 1.807) is 18.9 Å². The lowest BCUT2D eigenvalue weighted by molar-refractivity contribution is -0.115. The molecule has 3 nitrogen and oxygen atoms in total. The van der Waals surface area contributed by atoms with Crippen molar-refractivity contribution in [2.75, 3.05) is 12.4 Å². The summed E-state index contributed by atoms with van der Waals surface area (Å²) in [4.78, 5) is 12.3. The molecule has 0 heterocycles. The number of aryl methyl sites for hydroxylation is 1. The molecule has 2 rings (SSSR count). The van der Waals surface area contributed by atoms with Gasteiger partial charge >= 0.3 is 0 Å². The van der Waals surface area contributed by atoms with Gasteiger partial charge in [0.15, 0.2) is 0 Å². The number of para-hydroxylation sites is 2. The Morgan fingerprint density at radius 3 is 2.59 bits per heavy atom. The molecule has 2 aromatic carbocycles. The number of benzene rings is 2. The second kappa shape index (κ2) is 7.90. The minimum Gasteiger partial charge on any atom is -0.495 e. The van der Waals surface area contributed by atoms with Gasteiger partial charge in [-0.1, -0.05) is 36.4 Å². The van der Waals surface area contributed by atoms with Gasteiger partial charge in [-0.3, -0.25) is 4.79 Å². The first kappa shape index (κ1) is 16.4. The molecule has 2 aromatic rings. The van der Waals surface area contributed by atoms with E-state index >= 15 is 0 Å². The summed E-state index contributed by atoms with van der Waals surface area (Å²) in [5.74, 6) is 1.49. The Labute approximate surface area is 136 Å². The molecule has 0 saturated heterocycles. The lowest BCUT2D eigenvalue weighted by Crippen LogP contribution is -2.22. The number of carbonyl (C=O) groups excluding carboxylic acids is 1. The summed E-state index contributed by atoms with van der Waals surface area (Å²) >= 11 is 1.63. The Balaban J connectivity index is 1.94. The fourth-order valence-electron chi connectivity index (χ4n) is 2.04. The topological polar surface area (TPSA) is 38.3 Å². The monoisotopic (exact) mass is 315 g/mol. The highest BCUT2D eigenvalue weighted by Gasteiger charge is 2.15. The lowest BCUT2D eigenvalue weighted by atomic mass is 10.1. The Hall–Kier alpha value is -1.94. The Morgan fingerprint density at radius 2 is 1.86 bits per heavy atom. The summed E-state index contributed by atoms with van der Waals surface area (Å²) < 4.78 is 5.25. The summed E-state index contributed by atoms with van der Waals surface area (Å²) in [5, 5.41) is 2.79. The summed E-state index contributed by atoms with van der Waals surface area (Å²) in [6.45, 7) is 4.02. The summed E-state index contributed by atoms with van der Waals surface area (Å²) in [6.07, 6.45) is 0. The maximum atomic E-state index is 12.3. The molecule has 0 aromatic heterocycles. The quantitative estimate of drug-likeness (QED) is 0.865. The molecule has 1 atom stereocenters. The van der Waals surface area contributed by atoms with Crippen LogP contribution in [0.2, 0.25) is 0 Å². The van der Waals surface area contributed by atoms with E-state index in [4.69, 9.17) is 4.74 Å². The minimum atomic E-state index is -0.135. The molecule has 0 bridgehead atoms. The van der Waals surface area contributed by atoms with E-state index in [1.807, 2.05) is 43.3 Å². The first-order valence-electron chi connectivity index (χ1n) is 7.22. The smallest absolute Gasteiger partial charge is 0.237 e. The number of rotatable bonds is 6. The van der Waals surface area contributed by atoms with Crippen molar-refractivity contribution in [3.05, 3.63) is 59.7 Å². The maximum Gasteiger partial charge on any atom is 0.237 e. The highest BCUT2D eigenvalue weighted by Crippen LogP contribution is 2.25.